The molecule has 94 valence electrons. The predicted molar refractivity (Wildman–Crippen MR) is 58.7 cm³/mol. The molecule has 0 saturated heterocycles. The number of amides is 1. The summed E-state index contributed by atoms with van der Waals surface area (Å²) in [5, 5.41) is 0. The summed E-state index contributed by atoms with van der Waals surface area (Å²) in [6.07, 6.45) is -3.65. The molecule has 0 radical (unpaired) electrons. The van der Waals surface area contributed by atoms with Crippen molar-refractivity contribution in [2.24, 2.45) is 0 Å². The summed E-state index contributed by atoms with van der Waals surface area (Å²) < 4.78 is 37.4. The smallest absolute Gasteiger partial charge is 0.342 e. The van der Waals surface area contributed by atoms with Crippen LogP contribution in [0, 0.1) is 0 Å². The van der Waals surface area contributed by atoms with Gasteiger partial charge in [0.1, 0.15) is 0 Å². The van der Waals surface area contributed by atoms with Gasteiger partial charge in [-0.1, -0.05) is 13.0 Å². The van der Waals surface area contributed by atoms with Gasteiger partial charge in [-0.15, -0.1) is 0 Å². The number of alkyl halides is 3. The molecule has 17 heavy (non-hydrogen) atoms. The summed E-state index contributed by atoms with van der Waals surface area (Å²) in [6, 6.07) is 4.48. The molecule has 1 rings (SSSR count). The van der Waals surface area contributed by atoms with Crippen LogP contribution in [0.25, 0.3) is 0 Å². The second kappa shape index (κ2) is 5.21. The van der Waals surface area contributed by atoms with Crippen molar-refractivity contribution in [3.8, 4) is 0 Å². The largest absolute Gasteiger partial charge is 0.416 e. The normalized spacial score (nSPS) is 11.4. The highest BCUT2D eigenvalue weighted by atomic mass is 19.4. The summed E-state index contributed by atoms with van der Waals surface area (Å²) in [5.41, 5.74) is -0.732. The second-order valence-corrected chi connectivity index (χ2v) is 3.81. The van der Waals surface area contributed by atoms with E-state index in [-0.39, 0.29) is 5.56 Å². The highest BCUT2D eigenvalue weighted by Crippen LogP contribution is 2.29. The van der Waals surface area contributed by atoms with Crippen LogP contribution in [0.4, 0.5) is 13.2 Å². The first-order valence-electron chi connectivity index (χ1n) is 5.29. The average molecular weight is 245 g/mol. The zero-order valence-electron chi connectivity index (χ0n) is 9.71. The van der Waals surface area contributed by atoms with E-state index in [1.807, 2.05) is 6.92 Å². The van der Waals surface area contributed by atoms with Crippen molar-refractivity contribution in [1.29, 1.82) is 0 Å². The Morgan fingerprint density at radius 2 is 2.00 bits per heavy atom. The van der Waals surface area contributed by atoms with Crippen molar-refractivity contribution in [2.75, 3.05) is 13.6 Å². The fourth-order valence-electron chi connectivity index (χ4n) is 1.49. The first-order valence-corrected chi connectivity index (χ1v) is 5.29. The maximum Gasteiger partial charge on any atom is 0.416 e. The molecule has 1 amide bonds. The SMILES string of the molecule is CCCN(C)C(=O)c1cccc(C(F)(F)F)c1. The lowest BCUT2D eigenvalue weighted by Crippen LogP contribution is -2.27. The highest BCUT2D eigenvalue weighted by molar-refractivity contribution is 5.94. The molecule has 0 saturated carbocycles. The fraction of sp³-hybridized carbons (Fsp3) is 0.417. The monoisotopic (exact) mass is 245 g/mol. The van der Waals surface area contributed by atoms with E-state index in [0.717, 1.165) is 18.6 Å². The van der Waals surface area contributed by atoms with Gasteiger partial charge >= 0.3 is 6.18 Å². The van der Waals surface area contributed by atoms with Crippen LogP contribution < -0.4 is 0 Å². The predicted octanol–water partition coefficient (Wildman–Crippen LogP) is 3.19. The second-order valence-electron chi connectivity index (χ2n) is 3.81. The lowest BCUT2D eigenvalue weighted by atomic mass is 10.1. The van der Waals surface area contributed by atoms with Crippen LogP contribution in [-0.4, -0.2) is 24.4 Å². The zero-order chi connectivity index (χ0) is 13.1. The lowest BCUT2D eigenvalue weighted by molar-refractivity contribution is -0.137. The van der Waals surface area contributed by atoms with E-state index in [1.54, 1.807) is 7.05 Å². The third-order valence-electron chi connectivity index (χ3n) is 2.34. The lowest BCUT2D eigenvalue weighted by Gasteiger charge is -2.16. The summed E-state index contributed by atoms with van der Waals surface area (Å²) in [6.45, 7) is 2.42. The van der Waals surface area contributed by atoms with Gasteiger partial charge < -0.3 is 4.90 Å². The molecule has 0 aliphatic heterocycles. The van der Waals surface area contributed by atoms with Crippen molar-refractivity contribution in [3.63, 3.8) is 0 Å². The minimum absolute atomic E-state index is 0.0655. The van der Waals surface area contributed by atoms with Crippen LogP contribution in [0.15, 0.2) is 24.3 Å². The van der Waals surface area contributed by atoms with E-state index in [4.69, 9.17) is 0 Å². The topological polar surface area (TPSA) is 20.3 Å². The number of carbonyl (C=O) groups excluding carboxylic acids is 1. The molecule has 0 atom stereocenters. The van der Waals surface area contributed by atoms with Crippen molar-refractivity contribution in [2.45, 2.75) is 19.5 Å². The number of hydrogen-bond acceptors (Lipinski definition) is 1. The van der Waals surface area contributed by atoms with Crippen LogP contribution in [-0.2, 0) is 6.18 Å². The zero-order valence-corrected chi connectivity index (χ0v) is 9.71. The molecule has 0 heterocycles. The van der Waals surface area contributed by atoms with E-state index in [2.05, 4.69) is 0 Å². The average Bonchev–Trinajstić information content (AvgIpc) is 2.27. The van der Waals surface area contributed by atoms with Gasteiger partial charge in [-0.25, -0.2) is 0 Å². The molecule has 0 fully saturated rings. The van der Waals surface area contributed by atoms with E-state index in [9.17, 15) is 18.0 Å². The van der Waals surface area contributed by atoms with E-state index in [1.165, 1.54) is 17.0 Å². The molecule has 1 aromatic rings. The van der Waals surface area contributed by atoms with Crippen molar-refractivity contribution >= 4 is 5.91 Å². The Labute approximate surface area is 98.0 Å². The molecular weight excluding hydrogens is 231 g/mol. The standard InChI is InChI=1S/C12H14F3NO/c1-3-7-16(2)11(17)9-5-4-6-10(8-9)12(13,14)15/h4-6,8H,3,7H2,1-2H3. The minimum atomic E-state index is -4.42. The van der Waals surface area contributed by atoms with Crippen molar-refractivity contribution < 1.29 is 18.0 Å². The van der Waals surface area contributed by atoms with Crippen LogP contribution >= 0.6 is 0 Å². The van der Waals surface area contributed by atoms with Crippen LogP contribution in [0.1, 0.15) is 29.3 Å². The van der Waals surface area contributed by atoms with Crippen molar-refractivity contribution in [3.05, 3.63) is 35.4 Å². The van der Waals surface area contributed by atoms with Gasteiger partial charge in [-0.2, -0.15) is 13.2 Å². The van der Waals surface area contributed by atoms with Crippen LogP contribution in [0.3, 0.4) is 0 Å². The Morgan fingerprint density at radius 3 is 2.53 bits per heavy atom. The van der Waals surface area contributed by atoms with Gasteiger partial charge in [0.15, 0.2) is 0 Å². The number of rotatable bonds is 3. The van der Waals surface area contributed by atoms with Gasteiger partial charge in [0.2, 0.25) is 0 Å². The maximum absolute atomic E-state index is 12.5. The van der Waals surface area contributed by atoms with Crippen LogP contribution in [0.2, 0.25) is 0 Å². The van der Waals surface area contributed by atoms with Gasteiger partial charge in [0.25, 0.3) is 5.91 Å². The minimum Gasteiger partial charge on any atom is -0.342 e. The number of benzene rings is 1. The Kier molecular flexibility index (Phi) is 4.15. The Hall–Kier alpha value is -1.52. The number of hydrogen-bond donors (Lipinski definition) is 0. The number of carbonyl (C=O) groups is 1. The summed E-state index contributed by atoms with van der Waals surface area (Å²) in [7, 11) is 1.58. The molecule has 0 spiro atoms. The molecule has 1 aromatic carbocycles. The molecule has 2 nitrogen and oxygen atoms in total. The summed E-state index contributed by atoms with van der Waals surface area (Å²) in [5.74, 6) is -0.391. The van der Waals surface area contributed by atoms with E-state index < -0.39 is 17.6 Å². The molecule has 0 aliphatic rings. The van der Waals surface area contributed by atoms with Gasteiger partial charge in [-0.05, 0) is 24.6 Å². The first-order chi connectivity index (χ1) is 7.86. The van der Waals surface area contributed by atoms with Crippen LogP contribution in [0.5, 0.6) is 0 Å². The van der Waals surface area contributed by atoms with E-state index in [0.29, 0.717) is 6.54 Å². The molecule has 0 unspecified atom stereocenters. The van der Waals surface area contributed by atoms with Crippen molar-refractivity contribution in [1.82, 2.24) is 4.90 Å². The molecule has 0 aromatic heterocycles. The molecule has 0 bridgehead atoms. The quantitative estimate of drug-likeness (QED) is 0.800. The Balaban J connectivity index is 2.96. The van der Waals surface area contributed by atoms with Gasteiger partial charge in [-0.3, -0.25) is 4.79 Å². The molecular formula is C12H14F3NO. The Bertz CT molecular complexity index is 401. The van der Waals surface area contributed by atoms with Gasteiger partial charge in [0, 0.05) is 19.2 Å². The number of halogens is 3. The molecule has 0 aliphatic carbocycles. The fourth-order valence-corrected chi connectivity index (χ4v) is 1.49. The molecule has 5 heteroatoms. The summed E-state index contributed by atoms with van der Waals surface area (Å²) in [4.78, 5) is 13.2. The molecule has 0 N–H and O–H groups in total. The van der Waals surface area contributed by atoms with E-state index >= 15 is 0 Å². The summed E-state index contributed by atoms with van der Waals surface area (Å²) >= 11 is 0. The third-order valence-corrected chi connectivity index (χ3v) is 2.34. The first kappa shape index (κ1) is 13.5. The Morgan fingerprint density at radius 1 is 1.35 bits per heavy atom. The number of nitrogens with zero attached hydrogens (tertiary/aromatic N) is 1. The maximum atomic E-state index is 12.5. The highest BCUT2D eigenvalue weighted by Gasteiger charge is 2.31. The van der Waals surface area contributed by atoms with Gasteiger partial charge in [0.05, 0.1) is 5.56 Å². The third kappa shape index (κ3) is 3.47.